The van der Waals surface area contributed by atoms with E-state index in [1.807, 2.05) is 24.3 Å². The summed E-state index contributed by atoms with van der Waals surface area (Å²) in [5.74, 6) is -0.158. The summed E-state index contributed by atoms with van der Waals surface area (Å²) >= 11 is 11.6. The highest BCUT2D eigenvalue weighted by Gasteiger charge is 2.37. The molecule has 0 atom stereocenters. The lowest BCUT2D eigenvalue weighted by Gasteiger charge is -2.27. The standard InChI is InChI=1S/C11H12Cl2O2/c12-6-5-11(14-7-8-15-11)9-1-3-10(13)4-2-9/h1-4H,5-8H2. The Labute approximate surface area is 99.1 Å². The van der Waals surface area contributed by atoms with E-state index >= 15 is 0 Å². The first-order chi connectivity index (χ1) is 7.27. The van der Waals surface area contributed by atoms with E-state index in [0.717, 1.165) is 5.56 Å². The molecule has 1 aromatic carbocycles. The van der Waals surface area contributed by atoms with Gasteiger partial charge in [0.2, 0.25) is 0 Å². The van der Waals surface area contributed by atoms with E-state index in [0.29, 0.717) is 30.5 Å². The van der Waals surface area contributed by atoms with Crippen molar-refractivity contribution < 1.29 is 9.47 Å². The lowest BCUT2D eigenvalue weighted by Crippen LogP contribution is -2.27. The number of hydrogen-bond acceptors (Lipinski definition) is 2. The van der Waals surface area contributed by atoms with E-state index in [1.54, 1.807) is 0 Å². The maximum atomic E-state index is 5.83. The first-order valence-electron chi connectivity index (χ1n) is 4.87. The quantitative estimate of drug-likeness (QED) is 0.764. The molecule has 0 unspecified atom stereocenters. The second-order valence-electron chi connectivity index (χ2n) is 3.40. The van der Waals surface area contributed by atoms with Gasteiger partial charge in [0, 0.05) is 22.9 Å². The normalized spacial score (nSPS) is 19.3. The van der Waals surface area contributed by atoms with Crippen molar-refractivity contribution in [2.45, 2.75) is 12.2 Å². The Kier molecular flexibility index (Phi) is 3.52. The molecule has 0 bridgehead atoms. The van der Waals surface area contributed by atoms with Gasteiger partial charge in [0.25, 0.3) is 0 Å². The third-order valence-corrected chi connectivity index (χ3v) is 2.90. The lowest BCUT2D eigenvalue weighted by molar-refractivity contribution is -0.166. The molecule has 2 rings (SSSR count). The summed E-state index contributed by atoms with van der Waals surface area (Å²) in [5, 5.41) is 0.706. The highest BCUT2D eigenvalue weighted by Crippen LogP contribution is 2.35. The molecule has 1 aliphatic heterocycles. The van der Waals surface area contributed by atoms with Gasteiger partial charge < -0.3 is 9.47 Å². The Bertz CT molecular complexity index is 318. The van der Waals surface area contributed by atoms with Crippen LogP contribution in [0.2, 0.25) is 5.02 Å². The minimum absolute atomic E-state index is 0.503. The summed E-state index contributed by atoms with van der Waals surface area (Å²) in [6, 6.07) is 7.50. The van der Waals surface area contributed by atoms with E-state index in [1.165, 1.54) is 0 Å². The summed E-state index contributed by atoms with van der Waals surface area (Å²) < 4.78 is 11.3. The van der Waals surface area contributed by atoms with Crippen molar-refractivity contribution in [1.29, 1.82) is 0 Å². The monoisotopic (exact) mass is 246 g/mol. The Morgan fingerprint density at radius 2 is 1.73 bits per heavy atom. The van der Waals surface area contributed by atoms with Gasteiger partial charge in [-0.15, -0.1) is 11.6 Å². The van der Waals surface area contributed by atoms with Gasteiger partial charge in [0.15, 0.2) is 5.79 Å². The van der Waals surface area contributed by atoms with Crippen molar-refractivity contribution in [3.63, 3.8) is 0 Å². The second kappa shape index (κ2) is 4.71. The number of hydrogen-bond donors (Lipinski definition) is 0. The van der Waals surface area contributed by atoms with Crippen LogP contribution in [0, 0.1) is 0 Å². The van der Waals surface area contributed by atoms with E-state index in [4.69, 9.17) is 32.7 Å². The van der Waals surface area contributed by atoms with Crippen LogP contribution in [0.1, 0.15) is 12.0 Å². The van der Waals surface area contributed by atoms with Crippen LogP contribution in [0.15, 0.2) is 24.3 Å². The molecule has 1 heterocycles. The third kappa shape index (κ3) is 2.28. The molecule has 0 aliphatic carbocycles. The van der Waals surface area contributed by atoms with Gasteiger partial charge in [-0.05, 0) is 12.1 Å². The van der Waals surface area contributed by atoms with Crippen LogP contribution in [0.4, 0.5) is 0 Å². The highest BCUT2D eigenvalue weighted by atomic mass is 35.5. The third-order valence-electron chi connectivity index (χ3n) is 2.46. The molecule has 1 saturated heterocycles. The zero-order chi connectivity index (χ0) is 10.7. The van der Waals surface area contributed by atoms with E-state index in [2.05, 4.69) is 0 Å². The minimum atomic E-state index is -0.660. The summed E-state index contributed by atoms with van der Waals surface area (Å²) in [7, 11) is 0. The van der Waals surface area contributed by atoms with Gasteiger partial charge in [-0.1, -0.05) is 23.7 Å². The predicted octanol–water partition coefficient (Wildman–Crippen LogP) is 3.17. The fourth-order valence-corrected chi connectivity index (χ4v) is 2.11. The molecule has 1 fully saturated rings. The molecule has 1 aliphatic rings. The number of ether oxygens (including phenoxy) is 2. The van der Waals surface area contributed by atoms with Gasteiger partial charge in [-0.2, -0.15) is 0 Å². The van der Waals surface area contributed by atoms with Crippen molar-refractivity contribution >= 4 is 23.2 Å². The molecule has 0 saturated carbocycles. The maximum Gasteiger partial charge on any atom is 0.196 e. The molecule has 0 amide bonds. The van der Waals surface area contributed by atoms with E-state index in [-0.39, 0.29) is 0 Å². The van der Waals surface area contributed by atoms with Crippen LogP contribution in [0.5, 0.6) is 0 Å². The van der Waals surface area contributed by atoms with Crippen molar-refractivity contribution in [2.75, 3.05) is 19.1 Å². The Morgan fingerprint density at radius 3 is 2.27 bits per heavy atom. The number of alkyl halides is 1. The number of rotatable bonds is 3. The molecule has 0 radical (unpaired) electrons. The maximum absolute atomic E-state index is 5.83. The van der Waals surface area contributed by atoms with E-state index in [9.17, 15) is 0 Å². The SMILES string of the molecule is ClCCC1(c2ccc(Cl)cc2)OCCO1. The summed E-state index contributed by atoms with van der Waals surface area (Å²) in [4.78, 5) is 0. The molecule has 0 spiro atoms. The van der Waals surface area contributed by atoms with Crippen LogP contribution < -0.4 is 0 Å². The Hall–Kier alpha value is -0.280. The minimum Gasteiger partial charge on any atom is -0.343 e. The van der Waals surface area contributed by atoms with Gasteiger partial charge in [-0.3, -0.25) is 0 Å². The summed E-state index contributed by atoms with van der Waals surface area (Å²) in [6.07, 6.45) is 0.649. The fourth-order valence-electron chi connectivity index (χ4n) is 1.74. The molecule has 4 heteroatoms. The zero-order valence-electron chi connectivity index (χ0n) is 8.21. The van der Waals surface area contributed by atoms with Gasteiger partial charge in [-0.25, -0.2) is 0 Å². The summed E-state index contributed by atoms with van der Waals surface area (Å²) in [6.45, 7) is 1.22. The Morgan fingerprint density at radius 1 is 1.13 bits per heavy atom. The average molecular weight is 247 g/mol. The van der Waals surface area contributed by atoms with Gasteiger partial charge >= 0.3 is 0 Å². The molecule has 1 aromatic rings. The molecule has 2 nitrogen and oxygen atoms in total. The van der Waals surface area contributed by atoms with Gasteiger partial charge in [0.1, 0.15) is 0 Å². The van der Waals surface area contributed by atoms with Crippen molar-refractivity contribution in [2.24, 2.45) is 0 Å². The lowest BCUT2D eigenvalue weighted by atomic mass is 10.0. The van der Waals surface area contributed by atoms with Crippen molar-refractivity contribution in [1.82, 2.24) is 0 Å². The first-order valence-corrected chi connectivity index (χ1v) is 5.78. The highest BCUT2D eigenvalue weighted by molar-refractivity contribution is 6.30. The molecular formula is C11H12Cl2O2. The largest absolute Gasteiger partial charge is 0.343 e. The molecule has 15 heavy (non-hydrogen) atoms. The van der Waals surface area contributed by atoms with Gasteiger partial charge in [0.05, 0.1) is 13.2 Å². The average Bonchev–Trinajstić information content (AvgIpc) is 2.69. The van der Waals surface area contributed by atoms with Crippen LogP contribution >= 0.6 is 23.2 Å². The summed E-state index contributed by atoms with van der Waals surface area (Å²) in [5.41, 5.74) is 0.977. The predicted molar refractivity (Wildman–Crippen MR) is 60.4 cm³/mol. The smallest absolute Gasteiger partial charge is 0.196 e. The van der Waals surface area contributed by atoms with Crippen LogP contribution in [-0.4, -0.2) is 19.1 Å². The van der Waals surface area contributed by atoms with Crippen LogP contribution in [0.3, 0.4) is 0 Å². The van der Waals surface area contributed by atoms with Crippen LogP contribution in [-0.2, 0) is 15.3 Å². The number of halogens is 2. The fraction of sp³-hybridized carbons (Fsp3) is 0.455. The molecule has 0 N–H and O–H groups in total. The molecule has 0 aromatic heterocycles. The first kappa shape index (κ1) is 11.2. The Balaban J connectivity index is 2.28. The van der Waals surface area contributed by atoms with E-state index < -0.39 is 5.79 Å². The zero-order valence-corrected chi connectivity index (χ0v) is 9.72. The van der Waals surface area contributed by atoms with Crippen molar-refractivity contribution in [3.8, 4) is 0 Å². The molecular weight excluding hydrogens is 235 g/mol. The molecule has 82 valence electrons. The second-order valence-corrected chi connectivity index (χ2v) is 4.21. The topological polar surface area (TPSA) is 18.5 Å². The number of benzene rings is 1. The van der Waals surface area contributed by atoms with Crippen LogP contribution in [0.25, 0.3) is 0 Å². The van der Waals surface area contributed by atoms with Crippen molar-refractivity contribution in [3.05, 3.63) is 34.9 Å².